The molecule has 0 radical (unpaired) electrons. The van der Waals surface area contributed by atoms with Crippen molar-refractivity contribution < 1.29 is 8.78 Å². The molecule has 2 aromatic carbocycles. The molecule has 0 saturated heterocycles. The fraction of sp³-hybridized carbons (Fsp3) is 0.222. The number of allylic oxidation sites excluding steroid dienone is 2. The first-order chi connectivity index (χ1) is 10.6. The van der Waals surface area contributed by atoms with Gasteiger partial charge in [0.25, 0.3) is 0 Å². The van der Waals surface area contributed by atoms with E-state index in [1.165, 1.54) is 6.07 Å². The van der Waals surface area contributed by atoms with Crippen LogP contribution in [0.2, 0.25) is 0 Å². The maximum atomic E-state index is 14.2. The zero-order valence-corrected chi connectivity index (χ0v) is 13.3. The van der Waals surface area contributed by atoms with E-state index in [0.717, 1.165) is 28.1 Å². The van der Waals surface area contributed by atoms with Crippen LogP contribution in [0.15, 0.2) is 53.0 Å². The molecule has 4 rings (SSSR count). The number of benzene rings is 2. The van der Waals surface area contributed by atoms with Gasteiger partial charge in [-0.1, -0.05) is 46.3 Å². The molecule has 22 heavy (non-hydrogen) atoms. The van der Waals surface area contributed by atoms with E-state index in [9.17, 15) is 8.78 Å². The van der Waals surface area contributed by atoms with Crippen LogP contribution in [-0.4, -0.2) is 0 Å². The Morgan fingerprint density at radius 1 is 1.09 bits per heavy atom. The van der Waals surface area contributed by atoms with Crippen molar-refractivity contribution in [1.29, 1.82) is 0 Å². The van der Waals surface area contributed by atoms with E-state index in [1.807, 2.05) is 24.3 Å². The molecule has 112 valence electrons. The second-order valence-corrected chi connectivity index (χ2v) is 6.70. The summed E-state index contributed by atoms with van der Waals surface area (Å²) in [6.45, 7) is 0. The van der Waals surface area contributed by atoms with Gasteiger partial charge in [0, 0.05) is 16.5 Å². The van der Waals surface area contributed by atoms with Gasteiger partial charge in [-0.25, -0.2) is 8.78 Å². The molecule has 0 bridgehead atoms. The first-order valence-electron chi connectivity index (χ1n) is 7.31. The van der Waals surface area contributed by atoms with E-state index in [2.05, 4.69) is 33.4 Å². The fourth-order valence-electron chi connectivity index (χ4n) is 3.66. The zero-order chi connectivity index (χ0) is 15.3. The van der Waals surface area contributed by atoms with Gasteiger partial charge in [-0.2, -0.15) is 0 Å². The molecule has 0 saturated carbocycles. The number of rotatable bonds is 1. The van der Waals surface area contributed by atoms with Crippen LogP contribution < -0.4 is 5.32 Å². The highest BCUT2D eigenvalue weighted by Gasteiger charge is 2.39. The third-order valence-electron chi connectivity index (χ3n) is 4.63. The third-order valence-corrected chi connectivity index (χ3v) is 5.35. The van der Waals surface area contributed by atoms with Crippen molar-refractivity contribution in [2.75, 3.05) is 5.32 Å². The normalized spacial score (nSPS) is 25.5. The second-order valence-electron chi connectivity index (χ2n) is 5.85. The molecule has 0 unspecified atom stereocenters. The Kier molecular flexibility index (Phi) is 3.30. The van der Waals surface area contributed by atoms with Crippen molar-refractivity contribution in [3.05, 3.63) is 75.8 Å². The second kappa shape index (κ2) is 5.20. The molecule has 2 aliphatic rings. The number of nitrogens with one attached hydrogen (secondary N) is 1. The lowest BCUT2D eigenvalue weighted by molar-refractivity contribution is 0.417. The highest BCUT2D eigenvalue weighted by Crippen LogP contribution is 2.51. The van der Waals surface area contributed by atoms with Crippen LogP contribution in [0.4, 0.5) is 14.5 Å². The molecule has 0 amide bonds. The van der Waals surface area contributed by atoms with Gasteiger partial charge in [0.15, 0.2) is 0 Å². The first kappa shape index (κ1) is 13.9. The molecule has 0 spiro atoms. The summed E-state index contributed by atoms with van der Waals surface area (Å²) in [5.41, 5.74) is 2.25. The molecule has 1 aliphatic carbocycles. The van der Waals surface area contributed by atoms with E-state index >= 15 is 0 Å². The van der Waals surface area contributed by atoms with Crippen molar-refractivity contribution in [3.8, 4) is 0 Å². The standard InChI is InChI=1S/C18H14BrF2N/c19-15-7-2-1-4-13(15)17-12-6-3-5-11(12)14-8-10(20)9-16(21)18(14)22-17/h1-5,7-9,11-12,17,22H,6H2/t11-,12-,17-/m1/s1. The number of hydrogen-bond donors (Lipinski definition) is 1. The Hall–Kier alpha value is -1.68. The molecule has 0 aromatic heterocycles. The van der Waals surface area contributed by atoms with Gasteiger partial charge in [-0.3, -0.25) is 0 Å². The minimum Gasteiger partial charge on any atom is -0.375 e. The summed E-state index contributed by atoms with van der Waals surface area (Å²) in [4.78, 5) is 0. The highest BCUT2D eigenvalue weighted by atomic mass is 79.9. The SMILES string of the molecule is Fc1cc(F)c2c(c1)[C@@H]1C=CC[C@H]1[C@H](c1ccccc1Br)N2. The van der Waals surface area contributed by atoms with E-state index in [1.54, 1.807) is 0 Å². The highest BCUT2D eigenvalue weighted by molar-refractivity contribution is 9.10. The van der Waals surface area contributed by atoms with Crippen LogP contribution in [0.25, 0.3) is 0 Å². The van der Waals surface area contributed by atoms with Crippen LogP contribution in [0, 0.1) is 17.6 Å². The van der Waals surface area contributed by atoms with E-state index in [0.29, 0.717) is 5.69 Å². The molecule has 2 aromatic rings. The van der Waals surface area contributed by atoms with Crippen molar-refractivity contribution in [2.45, 2.75) is 18.4 Å². The Bertz CT molecular complexity index is 772. The van der Waals surface area contributed by atoms with Gasteiger partial charge >= 0.3 is 0 Å². The lowest BCUT2D eigenvalue weighted by Gasteiger charge is -2.38. The van der Waals surface area contributed by atoms with Crippen molar-refractivity contribution in [1.82, 2.24) is 0 Å². The molecule has 3 atom stereocenters. The van der Waals surface area contributed by atoms with Crippen LogP contribution in [0.1, 0.15) is 29.5 Å². The Labute approximate surface area is 136 Å². The Morgan fingerprint density at radius 3 is 2.73 bits per heavy atom. The maximum absolute atomic E-state index is 14.2. The predicted octanol–water partition coefficient (Wildman–Crippen LogP) is 5.55. The van der Waals surface area contributed by atoms with Crippen molar-refractivity contribution in [3.63, 3.8) is 0 Å². The quantitative estimate of drug-likeness (QED) is 0.656. The summed E-state index contributed by atoms with van der Waals surface area (Å²) in [6, 6.07) is 10.4. The molecule has 1 N–H and O–H groups in total. The predicted molar refractivity (Wildman–Crippen MR) is 86.9 cm³/mol. The van der Waals surface area contributed by atoms with Gasteiger partial charge in [0.05, 0.1) is 11.7 Å². The summed E-state index contributed by atoms with van der Waals surface area (Å²) in [7, 11) is 0. The smallest absolute Gasteiger partial charge is 0.149 e. The van der Waals surface area contributed by atoms with Crippen LogP contribution in [-0.2, 0) is 0 Å². The third kappa shape index (κ3) is 2.09. The zero-order valence-electron chi connectivity index (χ0n) is 11.7. The monoisotopic (exact) mass is 361 g/mol. The van der Waals surface area contributed by atoms with E-state index in [-0.39, 0.29) is 17.9 Å². The minimum atomic E-state index is -0.522. The summed E-state index contributed by atoms with van der Waals surface area (Å²) in [5.74, 6) is -0.715. The van der Waals surface area contributed by atoms with Gasteiger partial charge < -0.3 is 5.32 Å². The lowest BCUT2D eigenvalue weighted by Crippen LogP contribution is -2.30. The van der Waals surface area contributed by atoms with Gasteiger partial charge in [-0.15, -0.1) is 0 Å². The first-order valence-corrected chi connectivity index (χ1v) is 8.11. The number of fused-ring (bicyclic) bond motifs is 3. The maximum Gasteiger partial charge on any atom is 0.149 e. The number of halogens is 3. The molecule has 1 aliphatic heterocycles. The number of hydrogen-bond acceptors (Lipinski definition) is 1. The van der Waals surface area contributed by atoms with Crippen LogP contribution in [0.3, 0.4) is 0 Å². The summed E-state index contributed by atoms with van der Waals surface area (Å²) < 4.78 is 28.8. The van der Waals surface area contributed by atoms with Crippen LogP contribution in [0.5, 0.6) is 0 Å². The number of anilines is 1. The fourth-order valence-corrected chi connectivity index (χ4v) is 4.19. The molecular weight excluding hydrogens is 348 g/mol. The van der Waals surface area contributed by atoms with E-state index in [4.69, 9.17) is 0 Å². The lowest BCUT2D eigenvalue weighted by atomic mass is 9.77. The average molecular weight is 362 g/mol. The Morgan fingerprint density at radius 2 is 1.91 bits per heavy atom. The van der Waals surface area contributed by atoms with Gasteiger partial charge in [0.1, 0.15) is 11.6 Å². The van der Waals surface area contributed by atoms with E-state index < -0.39 is 11.6 Å². The van der Waals surface area contributed by atoms with Crippen LogP contribution >= 0.6 is 15.9 Å². The molecular formula is C18H14BrF2N. The molecule has 4 heteroatoms. The minimum absolute atomic E-state index is 0.00281. The summed E-state index contributed by atoms with van der Waals surface area (Å²) in [5, 5.41) is 3.31. The molecule has 1 heterocycles. The van der Waals surface area contributed by atoms with Gasteiger partial charge in [0.2, 0.25) is 0 Å². The summed E-state index contributed by atoms with van der Waals surface area (Å²) in [6.07, 6.45) is 5.09. The average Bonchev–Trinajstić information content (AvgIpc) is 2.97. The molecule has 0 fully saturated rings. The largest absolute Gasteiger partial charge is 0.375 e. The van der Waals surface area contributed by atoms with Crippen molar-refractivity contribution >= 4 is 21.6 Å². The van der Waals surface area contributed by atoms with Gasteiger partial charge in [-0.05, 0) is 35.6 Å². The van der Waals surface area contributed by atoms with Crippen molar-refractivity contribution in [2.24, 2.45) is 5.92 Å². The Balaban J connectivity index is 1.86. The topological polar surface area (TPSA) is 12.0 Å². The summed E-state index contributed by atoms with van der Waals surface area (Å²) >= 11 is 3.58. The molecule has 1 nitrogen and oxygen atoms in total.